The summed E-state index contributed by atoms with van der Waals surface area (Å²) in [7, 11) is -4.02. The molecule has 0 spiro atoms. The molecule has 3 aromatic carbocycles. The van der Waals surface area contributed by atoms with Gasteiger partial charge in [-0.1, -0.05) is 72.5 Å². The number of carbonyl (C=O) groups excluding carboxylic acids is 1. The number of carbonyl (C=O) groups is 2. The van der Waals surface area contributed by atoms with Crippen molar-refractivity contribution in [2.75, 3.05) is 10.6 Å². The van der Waals surface area contributed by atoms with E-state index in [0.29, 0.717) is 23.5 Å². The van der Waals surface area contributed by atoms with Gasteiger partial charge in [-0.05, 0) is 82.8 Å². The van der Waals surface area contributed by atoms with E-state index in [9.17, 15) is 23.1 Å². The van der Waals surface area contributed by atoms with Gasteiger partial charge in [0, 0.05) is 29.1 Å². The Hall–Kier alpha value is -7.44. The molecule has 2 saturated carbocycles. The van der Waals surface area contributed by atoms with Gasteiger partial charge in [0.15, 0.2) is 0 Å². The van der Waals surface area contributed by atoms with E-state index >= 15 is 0 Å². The largest absolute Gasteiger partial charge is 0.478 e. The fraction of sp³-hybridized carbons (Fsp3) is 0.250. The summed E-state index contributed by atoms with van der Waals surface area (Å²) in [6.45, 7) is 4.92. The number of halogens is 2. The lowest BCUT2D eigenvalue weighted by molar-refractivity contribution is 0.0696. The van der Waals surface area contributed by atoms with E-state index in [4.69, 9.17) is 55.0 Å². The number of carboxylic acid groups (broad SMARTS) is 1. The SMILES string of the molecule is C.C[C@H](N)C#N.Cc1ccc(S(=O)(=O)O)cc1.S.[2H]c1c([2H])c(-c2nc(Nc3cnn(C4CC4)c3)ncc2Cl)c([2H])c([2H])c1C(=O)N[C@@H](C)C#N.[2H]c1c([2H])c(-c2nc(Nc3cnn(C4CC4)c3)ncc2Cl)c([2H])c([2H])c1C(=O)O. The second-order valence-corrected chi connectivity index (χ2v) is 17.5. The number of hydrogen-bond donors (Lipinski definition) is 6. The van der Waals surface area contributed by atoms with Gasteiger partial charge in [-0.3, -0.25) is 18.7 Å². The molecule has 4 heterocycles. The van der Waals surface area contributed by atoms with Gasteiger partial charge >= 0.3 is 5.97 Å². The summed E-state index contributed by atoms with van der Waals surface area (Å²) >= 11 is 12.4. The number of hydrogen-bond acceptors (Lipinski definition) is 15. The average Bonchev–Trinajstić information content (AvgIpc) is 4.33. The van der Waals surface area contributed by atoms with E-state index in [1.54, 1.807) is 37.5 Å². The Bertz CT molecular complexity index is 3580. The molecule has 20 nitrogen and oxygen atoms in total. The monoisotopic (exact) mass is 1060 g/mol. The molecule has 0 saturated heterocycles. The molecule has 0 bridgehead atoms. The molecule has 4 aromatic heterocycles. The van der Waals surface area contributed by atoms with Crippen LogP contribution in [0.5, 0.6) is 0 Å². The summed E-state index contributed by atoms with van der Waals surface area (Å²) in [5, 5.41) is 42.7. The van der Waals surface area contributed by atoms with Crippen molar-refractivity contribution in [1.82, 2.24) is 44.8 Å². The van der Waals surface area contributed by atoms with Crippen LogP contribution < -0.4 is 21.7 Å². The molecule has 0 radical (unpaired) electrons. The van der Waals surface area contributed by atoms with Crippen molar-refractivity contribution < 1.29 is 38.6 Å². The summed E-state index contributed by atoms with van der Waals surface area (Å²) in [5.41, 5.74) is 5.59. The Kier molecular flexibility index (Phi) is 16.6. The number of nitrogens with two attached hydrogens (primary N) is 1. The third-order valence-corrected chi connectivity index (χ3v) is 10.7. The first kappa shape index (κ1) is 45.7. The normalized spacial score (nSPS) is 14.6. The Balaban J connectivity index is 0.000000267. The van der Waals surface area contributed by atoms with Gasteiger partial charge in [-0.25, -0.2) is 24.7 Å². The summed E-state index contributed by atoms with van der Waals surface area (Å²) in [4.78, 5) is 40.4. The van der Waals surface area contributed by atoms with Crippen molar-refractivity contribution >= 4 is 82.0 Å². The first-order chi connectivity index (χ1) is 36.7. The number of anilines is 4. The number of carboxylic acids is 1. The van der Waals surface area contributed by atoms with Gasteiger partial charge in [-0.2, -0.15) is 42.6 Å². The maximum absolute atomic E-state index is 12.4. The van der Waals surface area contributed by atoms with Crippen LogP contribution in [0.1, 0.15) is 96.3 Å². The zero-order valence-electron chi connectivity index (χ0n) is 45.7. The minimum Gasteiger partial charge on any atom is -0.478 e. The van der Waals surface area contributed by atoms with Crippen LogP contribution in [0.3, 0.4) is 0 Å². The van der Waals surface area contributed by atoms with E-state index in [2.05, 4.69) is 46.1 Å². The Morgan fingerprint density at radius 3 is 1.56 bits per heavy atom. The molecule has 376 valence electrons. The van der Waals surface area contributed by atoms with Crippen molar-refractivity contribution in [2.24, 2.45) is 5.73 Å². The quantitative estimate of drug-likeness (QED) is 0.0621. The van der Waals surface area contributed by atoms with Crippen molar-refractivity contribution in [1.29, 1.82) is 10.5 Å². The third kappa shape index (κ3) is 16.9. The zero-order valence-corrected chi connectivity index (χ0v) is 41.0. The fourth-order valence-corrected chi connectivity index (χ4v) is 6.29. The molecule has 2 atom stereocenters. The number of nitriles is 2. The molecule has 7 aromatic rings. The minimum atomic E-state index is -4.02. The van der Waals surface area contributed by atoms with Crippen LogP contribution >= 0.6 is 36.7 Å². The number of benzene rings is 3. The summed E-state index contributed by atoms with van der Waals surface area (Å²) < 4.78 is 98.7. The van der Waals surface area contributed by atoms with E-state index < -0.39 is 87.5 Å². The van der Waals surface area contributed by atoms with Crippen LogP contribution in [0.25, 0.3) is 22.5 Å². The van der Waals surface area contributed by atoms with E-state index in [1.165, 1.54) is 31.5 Å². The molecule has 7 N–H and O–H groups in total. The number of nitrogens with one attached hydrogen (secondary N) is 3. The highest BCUT2D eigenvalue weighted by Crippen LogP contribution is 2.36. The maximum atomic E-state index is 12.4. The second kappa shape index (κ2) is 26.1. The molecule has 2 fully saturated rings. The highest BCUT2D eigenvalue weighted by Gasteiger charge is 2.25. The molecule has 72 heavy (non-hydrogen) atoms. The van der Waals surface area contributed by atoms with Crippen LogP contribution in [0.2, 0.25) is 10.0 Å². The highest BCUT2D eigenvalue weighted by molar-refractivity contribution is 7.85. The number of rotatable bonds is 12. The van der Waals surface area contributed by atoms with Crippen LogP contribution in [0.4, 0.5) is 23.3 Å². The molecule has 1 amide bonds. The van der Waals surface area contributed by atoms with Crippen LogP contribution in [0.15, 0.2) is 115 Å². The molecule has 0 unspecified atom stereocenters. The maximum Gasteiger partial charge on any atom is 0.335 e. The molecule has 2 aliphatic carbocycles. The smallest absolute Gasteiger partial charge is 0.335 e. The molecule has 24 heteroatoms. The first-order valence-corrected chi connectivity index (χ1v) is 23.0. The molecule has 2 aliphatic rings. The van der Waals surface area contributed by atoms with Crippen molar-refractivity contribution in [3.63, 3.8) is 0 Å². The van der Waals surface area contributed by atoms with Gasteiger partial charge in [0.05, 0.1) is 109 Å². The highest BCUT2D eigenvalue weighted by atomic mass is 35.5. The van der Waals surface area contributed by atoms with Crippen LogP contribution in [-0.2, 0) is 10.1 Å². The van der Waals surface area contributed by atoms with Crippen molar-refractivity contribution in [3.05, 3.63) is 137 Å². The summed E-state index contributed by atoms with van der Waals surface area (Å²) in [5.74, 6) is -2.17. The van der Waals surface area contributed by atoms with E-state index in [1.807, 2.05) is 34.8 Å². The topological polar surface area (TPSA) is 306 Å². The lowest BCUT2D eigenvalue weighted by Crippen LogP contribution is -2.31. The molecular weight excluding hydrogens is 1000 g/mol. The predicted octanol–water partition coefficient (Wildman–Crippen LogP) is 9.33. The zero-order chi connectivity index (χ0) is 57.5. The Morgan fingerprint density at radius 1 is 0.778 bits per heavy atom. The Labute approximate surface area is 444 Å². The summed E-state index contributed by atoms with van der Waals surface area (Å²) in [6, 6.07) is 4.69. The molecular formula is C48H52Cl2N14O6S2. The van der Waals surface area contributed by atoms with Gasteiger partial charge in [0.1, 0.15) is 6.04 Å². The lowest BCUT2D eigenvalue weighted by atomic mass is 10.1. The van der Waals surface area contributed by atoms with E-state index in [0.717, 1.165) is 31.2 Å². The minimum absolute atomic E-state index is 0. The number of aromatic carboxylic acids is 1. The lowest BCUT2D eigenvalue weighted by Gasteiger charge is -2.09. The van der Waals surface area contributed by atoms with Gasteiger partial charge in [-0.15, -0.1) is 0 Å². The molecule has 0 aliphatic heterocycles. The third-order valence-electron chi connectivity index (χ3n) is 9.27. The van der Waals surface area contributed by atoms with E-state index in [-0.39, 0.29) is 76.3 Å². The average molecular weight is 1060 g/mol. The first-order valence-electron chi connectivity index (χ1n) is 24.8. The van der Waals surface area contributed by atoms with Crippen molar-refractivity contribution in [3.8, 4) is 34.7 Å². The fourth-order valence-electron chi connectivity index (χ4n) is 5.44. The number of aromatic nitrogens is 8. The Morgan fingerprint density at radius 2 is 1.19 bits per heavy atom. The predicted molar refractivity (Wildman–Crippen MR) is 279 cm³/mol. The summed E-state index contributed by atoms with van der Waals surface area (Å²) in [6.07, 6.45) is 13.8. The molecule has 9 rings (SSSR count). The van der Waals surface area contributed by atoms with Gasteiger partial charge in [0.25, 0.3) is 16.0 Å². The van der Waals surface area contributed by atoms with Gasteiger partial charge < -0.3 is 26.8 Å². The number of nitrogens with zero attached hydrogens (tertiary/aromatic N) is 10. The second-order valence-electron chi connectivity index (χ2n) is 15.2. The number of amides is 1. The standard InChI is InChI=1S/C20H18ClN7O.C17H14ClN5O2.C7H8O3S.C3H6N2.CH4.H2S/c1-12(8-22)25-19(29)14-4-2-13(3-5-14)18-17(21)10-23-20(27-18)26-15-9-24-28(11-15)16-6-7-16;18-14-8-19-17(21-12-7-20-23(9-12)13-5-6-13)22-15(14)10-1-3-11(4-2-10)16(24)25;1-6-2-4-7(5-3-6)11(8,9)10;1-3(5)2-4;;/h2-5,9-12,16H,6-7H2,1H3,(H,25,29)(H,23,26,27);1-4,7-9,13H,5-6H2,(H,24,25)(H,19,21,22);2-5H,1H3,(H,8,9,10);3H,5H2,1H3;1H4;1H2/t12-;;;3-;;/m0..0../s1/i2D,3D,4D,5D;1D,2D,3D,4D;;;;. The van der Waals surface area contributed by atoms with Gasteiger partial charge in [0.2, 0.25) is 11.9 Å². The number of aryl methyl sites for hydroxylation is 1. The van der Waals surface area contributed by atoms with Crippen LogP contribution in [0, 0.1) is 29.6 Å². The van der Waals surface area contributed by atoms with Crippen molar-refractivity contribution in [2.45, 2.75) is 82.9 Å². The van der Waals surface area contributed by atoms with Crippen LogP contribution in [-0.4, -0.2) is 81.5 Å².